The maximum atomic E-state index is 14.1. The van der Waals surface area contributed by atoms with Gasteiger partial charge in [-0.05, 0) is 30.3 Å². The van der Waals surface area contributed by atoms with Crippen molar-refractivity contribution in [3.8, 4) is 28.8 Å². The Morgan fingerprint density at radius 2 is 1.97 bits per heavy atom. The van der Waals surface area contributed by atoms with Gasteiger partial charge in [-0.3, -0.25) is 9.48 Å². The highest BCUT2D eigenvalue weighted by molar-refractivity contribution is 6.01. The van der Waals surface area contributed by atoms with Crippen molar-refractivity contribution >= 4 is 12.0 Å². The summed E-state index contributed by atoms with van der Waals surface area (Å²) in [5.41, 5.74) is 7.12. The molecule has 0 aliphatic carbocycles. The minimum atomic E-state index is -0.849. The summed E-state index contributed by atoms with van der Waals surface area (Å²) in [4.78, 5) is 11.5. The lowest BCUT2D eigenvalue weighted by Crippen LogP contribution is -2.12. The van der Waals surface area contributed by atoms with Crippen LogP contribution in [0.5, 0.6) is 11.5 Å². The number of nitriles is 1. The van der Waals surface area contributed by atoms with Crippen LogP contribution < -0.4 is 15.2 Å². The van der Waals surface area contributed by atoms with E-state index in [4.69, 9.17) is 15.2 Å². The van der Waals surface area contributed by atoms with Crippen molar-refractivity contribution in [3.63, 3.8) is 0 Å². The molecule has 0 atom stereocenters. The quantitative estimate of drug-likeness (QED) is 0.480. The Balaban J connectivity index is 2.13. The fourth-order valence-electron chi connectivity index (χ4n) is 2.95. The van der Waals surface area contributed by atoms with Gasteiger partial charge >= 0.3 is 0 Å². The van der Waals surface area contributed by atoms with Crippen LogP contribution in [0, 0.1) is 17.1 Å². The zero-order chi connectivity index (χ0) is 21.7. The molecule has 0 aliphatic rings. The van der Waals surface area contributed by atoms with E-state index in [9.17, 15) is 14.4 Å². The number of halogens is 1. The smallest absolute Gasteiger partial charge is 0.259 e. The predicted molar refractivity (Wildman–Crippen MR) is 109 cm³/mol. The average Bonchev–Trinajstić information content (AvgIpc) is 3.15. The number of carbonyl (C=O) groups excluding carboxylic acids is 1. The van der Waals surface area contributed by atoms with E-state index >= 15 is 0 Å². The first kappa shape index (κ1) is 20.6. The van der Waals surface area contributed by atoms with Gasteiger partial charge in [0.2, 0.25) is 0 Å². The first-order valence-corrected chi connectivity index (χ1v) is 8.91. The second-order valence-electron chi connectivity index (χ2n) is 6.33. The van der Waals surface area contributed by atoms with Crippen LogP contribution in [0.2, 0.25) is 0 Å². The first-order valence-electron chi connectivity index (χ1n) is 8.91. The van der Waals surface area contributed by atoms with Gasteiger partial charge in [-0.25, -0.2) is 4.39 Å². The molecule has 1 aromatic heterocycles. The summed E-state index contributed by atoms with van der Waals surface area (Å²) in [5, 5.41) is 13.8. The standard InChI is InChI=1S/C22H19FN4O3/c1-29-19-8-7-14(10-20(19)30-2)21-17(9-16(11-24)22(25)28)13-27(26-21)12-15-5-3-4-6-18(15)23/h3-10,13H,12H2,1-2H3,(H2,25,28)/b16-9+. The molecule has 1 amide bonds. The normalized spacial score (nSPS) is 11.1. The Bertz CT molecular complexity index is 1160. The van der Waals surface area contributed by atoms with Gasteiger partial charge in [-0.2, -0.15) is 10.4 Å². The number of rotatable bonds is 7. The Morgan fingerprint density at radius 3 is 2.60 bits per heavy atom. The molecule has 3 aromatic rings. The number of ether oxygens (including phenoxy) is 2. The molecule has 0 saturated heterocycles. The molecule has 1 heterocycles. The van der Waals surface area contributed by atoms with Crippen molar-refractivity contribution in [2.45, 2.75) is 6.54 Å². The lowest BCUT2D eigenvalue weighted by molar-refractivity contribution is -0.114. The van der Waals surface area contributed by atoms with Crippen molar-refractivity contribution in [3.05, 3.63) is 71.2 Å². The number of hydrogen-bond acceptors (Lipinski definition) is 5. The van der Waals surface area contributed by atoms with E-state index in [1.54, 1.807) is 48.7 Å². The Kier molecular flexibility index (Phi) is 6.13. The van der Waals surface area contributed by atoms with Gasteiger partial charge < -0.3 is 15.2 Å². The number of benzene rings is 2. The summed E-state index contributed by atoms with van der Waals surface area (Å²) in [6, 6.07) is 13.4. The van der Waals surface area contributed by atoms with Crippen molar-refractivity contribution < 1.29 is 18.7 Å². The van der Waals surface area contributed by atoms with Crippen LogP contribution in [0.1, 0.15) is 11.1 Å². The second-order valence-corrected chi connectivity index (χ2v) is 6.33. The van der Waals surface area contributed by atoms with Crippen LogP contribution in [0.25, 0.3) is 17.3 Å². The highest BCUT2D eigenvalue weighted by atomic mass is 19.1. The van der Waals surface area contributed by atoms with E-state index in [1.165, 1.54) is 31.0 Å². The molecular formula is C22H19FN4O3. The molecule has 152 valence electrons. The van der Waals surface area contributed by atoms with Crippen molar-refractivity contribution in [2.75, 3.05) is 14.2 Å². The third kappa shape index (κ3) is 4.31. The highest BCUT2D eigenvalue weighted by Crippen LogP contribution is 2.33. The minimum Gasteiger partial charge on any atom is -0.493 e. The topological polar surface area (TPSA) is 103 Å². The molecule has 0 spiro atoms. The zero-order valence-corrected chi connectivity index (χ0v) is 16.4. The average molecular weight is 406 g/mol. The molecule has 2 N–H and O–H groups in total. The molecule has 0 aliphatic heterocycles. The number of aromatic nitrogens is 2. The van der Waals surface area contributed by atoms with Gasteiger partial charge in [0.1, 0.15) is 17.5 Å². The van der Waals surface area contributed by atoms with Crippen LogP contribution in [-0.4, -0.2) is 29.9 Å². The van der Waals surface area contributed by atoms with Gasteiger partial charge in [-0.1, -0.05) is 18.2 Å². The molecule has 8 heteroatoms. The predicted octanol–water partition coefficient (Wildman–Crippen LogP) is 3.15. The molecule has 0 radical (unpaired) electrons. The summed E-state index contributed by atoms with van der Waals surface area (Å²) in [6.45, 7) is 0.166. The van der Waals surface area contributed by atoms with E-state index in [0.717, 1.165) is 0 Å². The summed E-state index contributed by atoms with van der Waals surface area (Å²) in [5.74, 6) is -0.173. The summed E-state index contributed by atoms with van der Waals surface area (Å²) >= 11 is 0. The van der Waals surface area contributed by atoms with Crippen molar-refractivity contribution in [1.29, 1.82) is 5.26 Å². The number of nitrogens with zero attached hydrogens (tertiary/aromatic N) is 3. The Labute approximate surface area is 172 Å². The number of amides is 1. The van der Waals surface area contributed by atoms with Gasteiger partial charge in [0, 0.05) is 22.9 Å². The fourth-order valence-corrected chi connectivity index (χ4v) is 2.95. The van der Waals surface area contributed by atoms with Gasteiger partial charge in [0.05, 0.1) is 26.5 Å². The van der Waals surface area contributed by atoms with Gasteiger partial charge in [0.25, 0.3) is 5.91 Å². The molecule has 0 bridgehead atoms. The number of carbonyl (C=O) groups is 1. The third-order valence-corrected chi connectivity index (χ3v) is 4.42. The van der Waals surface area contributed by atoms with E-state index < -0.39 is 5.91 Å². The van der Waals surface area contributed by atoms with E-state index in [-0.39, 0.29) is 17.9 Å². The lowest BCUT2D eigenvalue weighted by atomic mass is 10.1. The maximum Gasteiger partial charge on any atom is 0.259 e. The van der Waals surface area contributed by atoms with E-state index in [1.807, 2.05) is 0 Å². The summed E-state index contributed by atoms with van der Waals surface area (Å²) in [6.07, 6.45) is 2.98. The number of nitrogens with two attached hydrogens (primary N) is 1. The molecule has 2 aromatic carbocycles. The lowest BCUT2D eigenvalue weighted by Gasteiger charge is -2.09. The largest absolute Gasteiger partial charge is 0.493 e. The Morgan fingerprint density at radius 1 is 1.23 bits per heavy atom. The zero-order valence-electron chi connectivity index (χ0n) is 16.4. The number of methoxy groups -OCH3 is 2. The Hall–Kier alpha value is -4.12. The molecule has 7 nitrogen and oxygen atoms in total. The molecule has 0 saturated carbocycles. The molecule has 30 heavy (non-hydrogen) atoms. The summed E-state index contributed by atoms with van der Waals surface area (Å²) < 4.78 is 26.2. The number of hydrogen-bond donors (Lipinski definition) is 1. The first-order chi connectivity index (χ1) is 14.5. The molecule has 0 fully saturated rings. The number of primary amides is 1. The van der Waals surface area contributed by atoms with Gasteiger partial charge in [0.15, 0.2) is 11.5 Å². The van der Waals surface area contributed by atoms with Crippen LogP contribution in [-0.2, 0) is 11.3 Å². The molecule has 0 unspecified atom stereocenters. The molecular weight excluding hydrogens is 387 g/mol. The van der Waals surface area contributed by atoms with Crippen LogP contribution in [0.3, 0.4) is 0 Å². The highest BCUT2D eigenvalue weighted by Gasteiger charge is 2.16. The van der Waals surface area contributed by atoms with E-state index in [0.29, 0.717) is 33.9 Å². The van der Waals surface area contributed by atoms with Crippen LogP contribution in [0.15, 0.2) is 54.2 Å². The fraction of sp³-hybridized carbons (Fsp3) is 0.136. The van der Waals surface area contributed by atoms with Crippen molar-refractivity contribution in [2.24, 2.45) is 5.73 Å². The maximum absolute atomic E-state index is 14.1. The SMILES string of the molecule is COc1ccc(-c2nn(Cc3ccccc3F)cc2/C=C(\C#N)C(N)=O)cc1OC. The van der Waals surface area contributed by atoms with Crippen molar-refractivity contribution in [1.82, 2.24) is 9.78 Å². The summed E-state index contributed by atoms with van der Waals surface area (Å²) in [7, 11) is 3.04. The van der Waals surface area contributed by atoms with E-state index in [2.05, 4.69) is 5.10 Å². The monoisotopic (exact) mass is 406 g/mol. The van der Waals surface area contributed by atoms with Gasteiger partial charge in [-0.15, -0.1) is 0 Å². The third-order valence-electron chi connectivity index (χ3n) is 4.42. The second kappa shape index (κ2) is 8.92. The van der Waals surface area contributed by atoms with Crippen LogP contribution in [0.4, 0.5) is 4.39 Å². The van der Waals surface area contributed by atoms with Crippen LogP contribution >= 0.6 is 0 Å². The minimum absolute atomic E-state index is 0.166. The molecule has 3 rings (SSSR count).